The van der Waals surface area contributed by atoms with Crippen LogP contribution in [0.2, 0.25) is 58.9 Å². The zero-order chi connectivity index (χ0) is 29.7. The molecule has 1 saturated heterocycles. The summed E-state index contributed by atoms with van der Waals surface area (Å²) in [6.07, 6.45) is 17.1. The fraction of sp³-hybridized carbons (Fsp3) is 0.833. The second-order valence-electron chi connectivity index (χ2n) is 13.8. The van der Waals surface area contributed by atoms with Gasteiger partial charge in [0.05, 0.1) is 25.4 Å². The third kappa shape index (κ3) is 17.8. The van der Waals surface area contributed by atoms with Gasteiger partial charge in [0.15, 0.2) is 31.2 Å². The first-order chi connectivity index (χ1) is 18.0. The lowest BCUT2D eigenvalue weighted by Gasteiger charge is -2.44. The number of unbranched alkanes of at least 4 members (excludes halogenated alkanes) is 3. The van der Waals surface area contributed by atoms with Crippen LogP contribution >= 0.6 is 0 Å². The van der Waals surface area contributed by atoms with Crippen molar-refractivity contribution in [3.8, 4) is 0 Å². The maximum absolute atomic E-state index is 11.4. The number of carbonyl (C=O) groups is 1. The number of carbonyl (C=O) groups excluding carboxylic acids is 1. The first kappa shape index (κ1) is 36.5. The Morgan fingerprint density at radius 1 is 0.923 bits per heavy atom. The number of hydrogen-bond donors (Lipinski definition) is 0. The van der Waals surface area contributed by atoms with Crippen LogP contribution in [0.15, 0.2) is 24.3 Å². The van der Waals surface area contributed by atoms with E-state index >= 15 is 0 Å². The van der Waals surface area contributed by atoms with Crippen LogP contribution in [0.25, 0.3) is 0 Å². The minimum absolute atomic E-state index is 0.0672. The molecule has 0 spiro atoms. The smallest absolute Gasteiger partial charge is 0.305 e. The van der Waals surface area contributed by atoms with Crippen LogP contribution in [0.5, 0.6) is 0 Å². The van der Waals surface area contributed by atoms with Crippen molar-refractivity contribution < 1.29 is 27.5 Å². The Morgan fingerprint density at radius 3 is 2.15 bits per heavy atom. The number of methoxy groups -OCH3 is 1. The van der Waals surface area contributed by atoms with Gasteiger partial charge in [-0.3, -0.25) is 4.79 Å². The van der Waals surface area contributed by atoms with E-state index < -0.39 is 25.0 Å². The van der Waals surface area contributed by atoms with Gasteiger partial charge in [0.25, 0.3) is 0 Å². The van der Waals surface area contributed by atoms with E-state index in [-0.39, 0.29) is 36.5 Å². The van der Waals surface area contributed by atoms with E-state index in [9.17, 15) is 4.79 Å². The van der Waals surface area contributed by atoms with Gasteiger partial charge in [-0.15, -0.1) is 0 Å². The second-order valence-corrected chi connectivity index (χ2v) is 27.1. The highest BCUT2D eigenvalue weighted by Gasteiger charge is 2.41. The van der Waals surface area contributed by atoms with Crippen LogP contribution in [-0.4, -0.2) is 62.6 Å². The van der Waals surface area contributed by atoms with E-state index in [1.807, 2.05) is 0 Å². The van der Waals surface area contributed by atoms with Gasteiger partial charge in [0, 0.05) is 18.8 Å². The van der Waals surface area contributed by atoms with Crippen molar-refractivity contribution in [1.29, 1.82) is 0 Å². The highest BCUT2D eigenvalue weighted by Crippen LogP contribution is 2.35. The Bertz CT molecular complexity index is 751. The molecule has 0 bridgehead atoms. The number of rotatable bonds is 18. The fourth-order valence-corrected chi connectivity index (χ4v) is 7.98. The van der Waals surface area contributed by atoms with Crippen molar-refractivity contribution >= 4 is 30.9 Å². The minimum atomic E-state index is -1.80. The molecule has 5 atom stereocenters. The molecular weight excluding hydrogens is 541 g/mol. The summed E-state index contributed by atoms with van der Waals surface area (Å²) in [5.41, 5.74) is 0. The second kappa shape index (κ2) is 17.4. The van der Waals surface area contributed by atoms with Gasteiger partial charge in [-0.2, -0.15) is 0 Å². The molecule has 0 radical (unpaired) electrons. The highest BCUT2D eigenvalue weighted by molar-refractivity contribution is 6.70. The van der Waals surface area contributed by atoms with Gasteiger partial charge >= 0.3 is 5.97 Å². The molecule has 0 amide bonds. The molecule has 0 saturated carbocycles. The molecule has 0 aliphatic carbocycles. The molecule has 1 fully saturated rings. The van der Waals surface area contributed by atoms with Crippen molar-refractivity contribution in [1.82, 2.24) is 0 Å². The molecular formula is C30H60O6Si3. The molecule has 0 aromatic heterocycles. The lowest BCUT2D eigenvalue weighted by Crippen LogP contribution is -2.50. The van der Waals surface area contributed by atoms with Gasteiger partial charge in [-0.25, -0.2) is 0 Å². The third-order valence-corrected chi connectivity index (χ3v) is 9.28. The van der Waals surface area contributed by atoms with Crippen molar-refractivity contribution in [2.75, 3.05) is 7.11 Å². The molecule has 39 heavy (non-hydrogen) atoms. The van der Waals surface area contributed by atoms with Crippen LogP contribution in [0.3, 0.4) is 0 Å². The van der Waals surface area contributed by atoms with Crippen LogP contribution in [0, 0.1) is 5.92 Å². The predicted molar refractivity (Wildman–Crippen MR) is 171 cm³/mol. The van der Waals surface area contributed by atoms with E-state index in [0.29, 0.717) is 6.42 Å². The van der Waals surface area contributed by atoms with Crippen LogP contribution in [0.1, 0.15) is 64.7 Å². The predicted octanol–water partition coefficient (Wildman–Crippen LogP) is 8.44. The van der Waals surface area contributed by atoms with E-state index in [4.69, 9.17) is 22.8 Å². The molecule has 0 aromatic carbocycles. The third-order valence-electron chi connectivity index (χ3n) is 6.29. The molecule has 9 heteroatoms. The summed E-state index contributed by atoms with van der Waals surface area (Å²) in [5.74, 6) is 0.0369. The summed E-state index contributed by atoms with van der Waals surface area (Å²) < 4.78 is 31.3. The quantitative estimate of drug-likeness (QED) is 0.0681. The van der Waals surface area contributed by atoms with Crippen molar-refractivity contribution in [2.45, 2.75) is 148 Å². The Kier molecular flexibility index (Phi) is 16.3. The van der Waals surface area contributed by atoms with Gasteiger partial charge in [-0.05, 0) is 84.6 Å². The molecule has 1 aliphatic heterocycles. The Labute approximate surface area is 243 Å². The van der Waals surface area contributed by atoms with Gasteiger partial charge in [-0.1, -0.05) is 50.5 Å². The summed E-state index contributed by atoms with van der Waals surface area (Å²) in [5, 5.41) is 0. The first-order valence-electron chi connectivity index (χ1n) is 15.1. The molecule has 228 valence electrons. The monoisotopic (exact) mass is 600 g/mol. The van der Waals surface area contributed by atoms with Crippen molar-refractivity contribution in [3.63, 3.8) is 0 Å². The van der Waals surface area contributed by atoms with Gasteiger partial charge in [0.1, 0.15) is 0 Å². The zero-order valence-corrected chi connectivity index (χ0v) is 30.0. The Hall–Kier alpha value is -0.559. The van der Waals surface area contributed by atoms with E-state index in [1.54, 1.807) is 0 Å². The molecule has 1 heterocycles. The number of hydrogen-bond acceptors (Lipinski definition) is 6. The average molecular weight is 601 g/mol. The van der Waals surface area contributed by atoms with Crippen LogP contribution < -0.4 is 0 Å². The molecule has 5 unspecified atom stereocenters. The normalized spacial score (nSPS) is 24.0. The summed E-state index contributed by atoms with van der Waals surface area (Å²) in [6, 6.07) is 0. The lowest BCUT2D eigenvalue weighted by molar-refractivity contribution is -0.187. The summed E-state index contributed by atoms with van der Waals surface area (Å²) in [4.78, 5) is 11.4. The minimum Gasteiger partial charge on any atom is -0.469 e. The Morgan fingerprint density at radius 2 is 1.59 bits per heavy atom. The van der Waals surface area contributed by atoms with Gasteiger partial charge in [0.2, 0.25) is 0 Å². The van der Waals surface area contributed by atoms with E-state index in [0.717, 1.165) is 32.1 Å². The number of ether oxygens (including phenoxy) is 2. The van der Waals surface area contributed by atoms with E-state index in [2.05, 4.69) is 90.2 Å². The molecule has 1 rings (SSSR count). The largest absolute Gasteiger partial charge is 0.469 e. The summed E-state index contributed by atoms with van der Waals surface area (Å²) >= 11 is 0. The zero-order valence-electron chi connectivity index (χ0n) is 27.0. The Balaban J connectivity index is 3.19. The SMILES string of the molecule is CCCCCC(/C=C\C1OC(O[Si](C)(C)C)CC(O[Si](C)(C)C)C1C/C=C/CCCC(=O)OC)O[Si](C)(C)C. The maximum Gasteiger partial charge on any atom is 0.305 e. The standard InChI is InChI=1S/C30H60O6Si3/c1-12-13-16-19-25(34-37(3,4)5)22-23-27-26(20-17-14-15-18-21-29(31)32-2)28(35-38(6,7)8)24-30(33-27)36-39(9,10)11/h14,17,22-23,25-28,30H,12-13,15-16,18-21,24H2,1-11H3/b17-14+,23-22-. The first-order valence-corrected chi connectivity index (χ1v) is 25.3. The molecule has 6 nitrogen and oxygen atoms in total. The van der Waals surface area contributed by atoms with Crippen molar-refractivity contribution in [3.05, 3.63) is 24.3 Å². The number of esters is 1. The highest BCUT2D eigenvalue weighted by atomic mass is 28.4. The van der Waals surface area contributed by atoms with Crippen molar-refractivity contribution in [2.24, 2.45) is 5.92 Å². The molecule has 1 aliphatic rings. The molecule has 0 aromatic rings. The summed E-state index contributed by atoms with van der Waals surface area (Å²) in [7, 11) is -3.85. The van der Waals surface area contributed by atoms with Crippen LogP contribution in [0.4, 0.5) is 0 Å². The fourth-order valence-electron chi connectivity index (χ4n) is 4.76. The topological polar surface area (TPSA) is 63.2 Å². The molecule has 0 N–H and O–H groups in total. The maximum atomic E-state index is 11.4. The van der Waals surface area contributed by atoms with Crippen LogP contribution in [-0.2, 0) is 27.5 Å². The summed E-state index contributed by atoms with van der Waals surface area (Å²) in [6.45, 7) is 22.4. The van der Waals surface area contributed by atoms with E-state index in [1.165, 1.54) is 26.4 Å². The lowest BCUT2D eigenvalue weighted by atomic mass is 9.87. The number of allylic oxidation sites excluding steroid dienone is 2. The average Bonchev–Trinajstić information content (AvgIpc) is 2.77. The van der Waals surface area contributed by atoms with Gasteiger partial charge < -0.3 is 22.8 Å².